The van der Waals surface area contributed by atoms with Gasteiger partial charge in [0.25, 0.3) is 0 Å². The Kier molecular flexibility index (Phi) is 46.2. The summed E-state index contributed by atoms with van der Waals surface area (Å²) < 4.78 is 16.8. The maximum Gasteiger partial charge on any atom is 0.306 e. The summed E-state index contributed by atoms with van der Waals surface area (Å²) >= 11 is 0. The quantitative estimate of drug-likeness (QED) is 0.0345. The van der Waals surface area contributed by atoms with Crippen LogP contribution in [0.4, 0.5) is 0 Å². The van der Waals surface area contributed by atoms with E-state index in [9.17, 15) is 14.4 Å². The first-order chi connectivity index (χ1) is 28.9. The van der Waals surface area contributed by atoms with Crippen molar-refractivity contribution < 1.29 is 28.6 Å². The summed E-state index contributed by atoms with van der Waals surface area (Å²) in [6, 6.07) is 0. The van der Waals surface area contributed by atoms with Crippen LogP contribution in [-0.4, -0.2) is 37.2 Å². The molecule has 0 heterocycles. The zero-order chi connectivity index (χ0) is 43.1. The van der Waals surface area contributed by atoms with Crippen molar-refractivity contribution in [1.29, 1.82) is 0 Å². The summed E-state index contributed by atoms with van der Waals surface area (Å²) in [6.07, 6.45) is 49.6. The van der Waals surface area contributed by atoms with Crippen molar-refractivity contribution >= 4 is 17.9 Å². The topological polar surface area (TPSA) is 78.9 Å². The molecule has 0 aromatic carbocycles. The summed E-state index contributed by atoms with van der Waals surface area (Å²) in [5.74, 6) is -0.0898. The Bertz CT molecular complexity index is 887. The molecule has 59 heavy (non-hydrogen) atoms. The molecular formula is C53H102O6. The van der Waals surface area contributed by atoms with Crippen LogP contribution >= 0.6 is 0 Å². The third-order valence-electron chi connectivity index (χ3n) is 12.0. The van der Waals surface area contributed by atoms with Gasteiger partial charge in [0, 0.05) is 19.3 Å². The highest BCUT2D eigenvalue weighted by Gasteiger charge is 2.19. The number of unbranched alkanes of at least 4 members (excludes halogenated alkanes) is 35. The lowest BCUT2D eigenvalue weighted by Gasteiger charge is -2.18. The first-order valence-corrected chi connectivity index (χ1v) is 26.4. The normalized spacial score (nSPS) is 11.9. The number of hydrogen-bond acceptors (Lipinski definition) is 6. The molecule has 1 atom stereocenters. The monoisotopic (exact) mass is 835 g/mol. The average Bonchev–Trinajstić information content (AvgIpc) is 3.22. The van der Waals surface area contributed by atoms with Crippen LogP contribution in [0.15, 0.2) is 0 Å². The van der Waals surface area contributed by atoms with Gasteiger partial charge in [0.15, 0.2) is 6.10 Å². The van der Waals surface area contributed by atoms with Gasteiger partial charge in [-0.3, -0.25) is 14.4 Å². The lowest BCUT2D eigenvalue weighted by Crippen LogP contribution is -2.30. The van der Waals surface area contributed by atoms with Crippen LogP contribution in [0.2, 0.25) is 0 Å². The van der Waals surface area contributed by atoms with Crippen LogP contribution in [0.3, 0.4) is 0 Å². The van der Waals surface area contributed by atoms with Gasteiger partial charge in [-0.05, 0) is 25.2 Å². The number of esters is 3. The van der Waals surface area contributed by atoms with Gasteiger partial charge >= 0.3 is 17.9 Å². The molecule has 0 saturated carbocycles. The minimum atomic E-state index is -0.761. The molecule has 0 bridgehead atoms. The second-order valence-electron chi connectivity index (χ2n) is 18.6. The highest BCUT2D eigenvalue weighted by Crippen LogP contribution is 2.17. The largest absolute Gasteiger partial charge is 0.462 e. The Morgan fingerprint density at radius 3 is 0.831 bits per heavy atom. The Labute approximate surface area is 368 Å². The summed E-state index contributed by atoms with van der Waals surface area (Å²) in [5.41, 5.74) is 0. The SMILES string of the molecule is CCCCCCCCCCCCCCCCCCCC(=O)OC[C@@H](COC(=O)CCCCCCCCCCCCCCCCC)OC(=O)CCCCCCCCC(C)C. The van der Waals surface area contributed by atoms with E-state index in [-0.39, 0.29) is 31.1 Å². The molecule has 0 fully saturated rings. The summed E-state index contributed by atoms with van der Waals surface area (Å²) in [7, 11) is 0. The molecule has 0 aromatic rings. The molecule has 0 aliphatic rings. The molecule has 0 radical (unpaired) electrons. The molecule has 6 heteroatoms. The van der Waals surface area contributed by atoms with Crippen molar-refractivity contribution in [2.45, 2.75) is 303 Å². The molecule has 0 amide bonds. The van der Waals surface area contributed by atoms with Crippen LogP contribution in [0.1, 0.15) is 297 Å². The van der Waals surface area contributed by atoms with E-state index in [2.05, 4.69) is 27.7 Å². The number of rotatable bonds is 48. The number of carbonyl (C=O) groups is 3. The lowest BCUT2D eigenvalue weighted by atomic mass is 10.0. The molecular weight excluding hydrogens is 733 g/mol. The Hall–Kier alpha value is -1.59. The molecule has 6 nitrogen and oxygen atoms in total. The van der Waals surface area contributed by atoms with Gasteiger partial charge in [-0.15, -0.1) is 0 Å². The van der Waals surface area contributed by atoms with Crippen molar-refractivity contribution in [2.24, 2.45) is 5.92 Å². The summed E-state index contributed by atoms with van der Waals surface area (Å²) in [5, 5.41) is 0. The fourth-order valence-electron chi connectivity index (χ4n) is 8.04. The van der Waals surface area contributed by atoms with Gasteiger partial charge in [-0.1, -0.05) is 259 Å². The van der Waals surface area contributed by atoms with E-state index < -0.39 is 6.10 Å². The van der Waals surface area contributed by atoms with E-state index in [1.807, 2.05) is 0 Å². The van der Waals surface area contributed by atoms with Crippen LogP contribution in [-0.2, 0) is 28.6 Å². The Morgan fingerprint density at radius 2 is 0.559 bits per heavy atom. The zero-order valence-corrected chi connectivity index (χ0v) is 40.2. The van der Waals surface area contributed by atoms with E-state index >= 15 is 0 Å². The van der Waals surface area contributed by atoms with Gasteiger partial charge in [0.1, 0.15) is 13.2 Å². The fourth-order valence-corrected chi connectivity index (χ4v) is 8.04. The van der Waals surface area contributed by atoms with E-state index in [0.29, 0.717) is 19.3 Å². The zero-order valence-electron chi connectivity index (χ0n) is 40.2. The van der Waals surface area contributed by atoms with E-state index in [1.54, 1.807) is 0 Å². The summed E-state index contributed by atoms with van der Waals surface area (Å²) in [4.78, 5) is 37.9. The average molecular weight is 835 g/mol. The standard InChI is InChI=1S/C53H102O6/c1-5-7-9-11-13-15-17-19-21-22-24-26-28-30-32-37-41-45-52(55)58-48-50(59-53(56)46-42-38-34-33-35-39-43-49(3)4)47-57-51(54)44-40-36-31-29-27-25-23-20-18-16-14-12-10-8-6-2/h49-50H,5-48H2,1-4H3/t50-/m1/s1. The van der Waals surface area contributed by atoms with Gasteiger partial charge in [0.2, 0.25) is 0 Å². The first-order valence-electron chi connectivity index (χ1n) is 26.4. The van der Waals surface area contributed by atoms with Gasteiger partial charge in [-0.25, -0.2) is 0 Å². The maximum absolute atomic E-state index is 12.7. The van der Waals surface area contributed by atoms with Gasteiger partial charge in [-0.2, -0.15) is 0 Å². The highest BCUT2D eigenvalue weighted by atomic mass is 16.6. The molecule has 0 aliphatic carbocycles. The predicted molar refractivity (Wildman–Crippen MR) is 252 cm³/mol. The van der Waals surface area contributed by atoms with Gasteiger partial charge in [0.05, 0.1) is 0 Å². The number of ether oxygens (including phenoxy) is 3. The molecule has 0 aliphatic heterocycles. The minimum Gasteiger partial charge on any atom is -0.462 e. The van der Waals surface area contributed by atoms with E-state index in [4.69, 9.17) is 14.2 Å². The molecule has 0 aromatic heterocycles. The third-order valence-corrected chi connectivity index (χ3v) is 12.0. The van der Waals surface area contributed by atoms with Crippen LogP contribution in [0.5, 0.6) is 0 Å². The molecule has 350 valence electrons. The van der Waals surface area contributed by atoms with Crippen LogP contribution < -0.4 is 0 Å². The smallest absolute Gasteiger partial charge is 0.306 e. The van der Waals surface area contributed by atoms with Gasteiger partial charge < -0.3 is 14.2 Å². The van der Waals surface area contributed by atoms with E-state index in [1.165, 1.54) is 193 Å². The maximum atomic E-state index is 12.7. The minimum absolute atomic E-state index is 0.0639. The van der Waals surface area contributed by atoms with Crippen LogP contribution in [0.25, 0.3) is 0 Å². The molecule has 0 unspecified atom stereocenters. The number of hydrogen-bond donors (Lipinski definition) is 0. The molecule has 0 rings (SSSR count). The second-order valence-corrected chi connectivity index (χ2v) is 18.6. The van der Waals surface area contributed by atoms with Crippen molar-refractivity contribution in [1.82, 2.24) is 0 Å². The molecule has 0 spiro atoms. The Balaban J connectivity index is 4.22. The lowest BCUT2D eigenvalue weighted by molar-refractivity contribution is -0.167. The van der Waals surface area contributed by atoms with Crippen molar-refractivity contribution in [2.75, 3.05) is 13.2 Å². The highest BCUT2D eigenvalue weighted by molar-refractivity contribution is 5.71. The van der Waals surface area contributed by atoms with Crippen molar-refractivity contribution in [3.05, 3.63) is 0 Å². The van der Waals surface area contributed by atoms with Crippen molar-refractivity contribution in [3.8, 4) is 0 Å². The fraction of sp³-hybridized carbons (Fsp3) is 0.943. The first kappa shape index (κ1) is 57.4. The van der Waals surface area contributed by atoms with E-state index in [0.717, 1.165) is 63.7 Å². The molecule has 0 saturated heterocycles. The summed E-state index contributed by atoms with van der Waals surface area (Å²) in [6.45, 7) is 8.96. The Morgan fingerprint density at radius 1 is 0.322 bits per heavy atom. The third kappa shape index (κ3) is 47.3. The van der Waals surface area contributed by atoms with Crippen LogP contribution in [0, 0.1) is 5.92 Å². The predicted octanol–water partition coefficient (Wildman–Crippen LogP) is 17.1. The molecule has 0 N–H and O–H groups in total. The number of carbonyl (C=O) groups excluding carboxylic acids is 3. The van der Waals surface area contributed by atoms with Crippen molar-refractivity contribution in [3.63, 3.8) is 0 Å². The second kappa shape index (κ2) is 47.5.